The SMILES string of the molecule is COCCNC(CCCl)COC. The first kappa shape index (κ1) is 12.2. The third-order valence-electron chi connectivity index (χ3n) is 1.56. The van der Waals surface area contributed by atoms with E-state index in [0.717, 1.165) is 19.6 Å². The van der Waals surface area contributed by atoms with Gasteiger partial charge in [0.05, 0.1) is 13.2 Å². The van der Waals surface area contributed by atoms with Gasteiger partial charge >= 0.3 is 0 Å². The van der Waals surface area contributed by atoms with Gasteiger partial charge in [-0.1, -0.05) is 0 Å². The van der Waals surface area contributed by atoms with Crippen molar-refractivity contribution in [3.05, 3.63) is 0 Å². The molecule has 0 saturated heterocycles. The molecule has 3 nitrogen and oxygen atoms in total. The van der Waals surface area contributed by atoms with Crippen molar-refractivity contribution in [3.8, 4) is 0 Å². The summed E-state index contributed by atoms with van der Waals surface area (Å²) in [5.41, 5.74) is 0. The maximum absolute atomic E-state index is 5.62. The van der Waals surface area contributed by atoms with Crippen molar-refractivity contribution >= 4 is 11.6 Å². The zero-order valence-corrected chi connectivity index (χ0v) is 8.56. The first-order chi connectivity index (χ1) is 5.85. The molecule has 0 aromatic rings. The second-order valence-electron chi connectivity index (χ2n) is 2.58. The van der Waals surface area contributed by atoms with Crippen LogP contribution in [0.2, 0.25) is 0 Å². The molecule has 0 heterocycles. The van der Waals surface area contributed by atoms with Crippen LogP contribution < -0.4 is 5.32 Å². The molecule has 0 spiro atoms. The standard InChI is InChI=1S/C8H18ClNO2/c1-11-6-5-10-8(3-4-9)7-12-2/h8,10H,3-7H2,1-2H3. The number of rotatable bonds is 8. The Labute approximate surface area is 79.4 Å². The summed E-state index contributed by atoms with van der Waals surface area (Å²) in [5, 5.41) is 3.29. The molecule has 0 amide bonds. The molecule has 0 bridgehead atoms. The lowest BCUT2D eigenvalue weighted by Gasteiger charge is -2.15. The summed E-state index contributed by atoms with van der Waals surface area (Å²) in [6.45, 7) is 2.28. The number of hydrogen-bond donors (Lipinski definition) is 1. The third kappa shape index (κ3) is 6.85. The topological polar surface area (TPSA) is 30.5 Å². The minimum Gasteiger partial charge on any atom is -0.383 e. The van der Waals surface area contributed by atoms with E-state index in [1.807, 2.05) is 0 Å². The van der Waals surface area contributed by atoms with Crippen LogP contribution in [-0.2, 0) is 9.47 Å². The molecular weight excluding hydrogens is 178 g/mol. The minimum atomic E-state index is 0.350. The number of alkyl halides is 1. The van der Waals surface area contributed by atoms with E-state index in [0.29, 0.717) is 18.5 Å². The van der Waals surface area contributed by atoms with Gasteiger partial charge < -0.3 is 14.8 Å². The van der Waals surface area contributed by atoms with Crippen LogP contribution in [0.25, 0.3) is 0 Å². The summed E-state index contributed by atoms with van der Waals surface area (Å²) in [6, 6.07) is 0.350. The summed E-state index contributed by atoms with van der Waals surface area (Å²) < 4.78 is 9.94. The Bertz CT molecular complexity index is 87.1. The van der Waals surface area contributed by atoms with Gasteiger partial charge in [-0.2, -0.15) is 0 Å². The maximum Gasteiger partial charge on any atom is 0.0616 e. The molecule has 0 radical (unpaired) electrons. The molecule has 4 heteroatoms. The van der Waals surface area contributed by atoms with Gasteiger partial charge in [-0.25, -0.2) is 0 Å². The van der Waals surface area contributed by atoms with Gasteiger partial charge in [-0.15, -0.1) is 11.6 Å². The van der Waals surface area contributed by atoms with Crippen molar-refractivity contribution in [1.29, 1.82) is 0 Å². The Kier molecular flexibility index (Phi) is 9.39. The van der Waals surface area contributed by atoms with E-state index in [-0.39, 0.29) is 0 Å². The molecule has 0 saturated carbocycles. The van der Waals surface area contributed by atoms with Crippen LogP contribution in [0.3, 0.4) is 0 Å². The van der Waals surface area contributed by atoms with Gasteiger partial charge in [-0.3, -0.25) is 0 Å². The Hall–Kier alpha value is 0.170. The lowest BCUT2D eigenvalue weighted by atomic mass is 10.2. The lowest BCUT2D eigenvalue weighted by molar-refractivity contribution is 0.151. The molecule has 1 unspecified atom stereocenters. The molecule has 0 rings (SSSR count). The number of nitrogens with one attached hydrogen (secondary N) is 1. The van der Waals surface area contributed by atoms with E-state index in [1.54, 1.807) is 14.2 Å². The van der Waals surface area contributed by atoms with Crippen molar-refractivity contribution in [1.82, 2.24) is 5.32 Å². The molecule has 0 fully saturated rings. The Morgan fingerprint density at radius 3 is 2.58 bits per heavy atom. The van der Waals surface area contributed by atoms with Gasteiger partial charge in [0, 0.05) is 32.7 Å². The smallest absolute Gasteiger partial charge is 0.0616 e. The summed E-state index contributed by atoms with van der Waals surface area (Å²) in [6.07, 6.45) is 0.930. The van der Waals surface area contributed by atoms with E-state index in [2.05, 4.69) is 5.32 Å². The van der Waals surface area contributed by atoms with Crippen LogP contribution in [0, 0.1) is 0 Å². The second kappa shape index (κ2) is 9.26. The van der Waals surface area contributed by atoms with Crippen LogP contribution in [0.5, 0.6) is 0 Å². The summed E-state index contributed by atoms with van der Waals surface area (Å²) in [5.74, 6) is 0.661. The van der Waals surface area contributed by atoms with Crippen molar-refractivity contribution in [2.45, 2.75) is 12.5 Å². The fourth-order valence-corrected chi connectivity index (χ4v) is 1.21. The Morgan fingerprint density at radius 2 is 2.08 bits per heavy atom. The summed E-state index contributed by atoms with van der Waals surface area (Å²) in [4.78, 5) is 0. The second-order valence-corrected chi connectivity index (χ2v) is 2.95. The van der Waals surface area contributed by atoms with Crippen molar-refractivity contribution in [3.63, 3.8) is 0 Å². The number of halogens is 1. The van der Waals surface area contributed by atoms with E-state index in [1.165, 1.54) is 0 Å². The predicted octanol–water partition coefficient (Wildman–Crippen LogP) is 0.866. The van der Waals surface area contributed by atoms with Crippen LogP contribution in [-0.4, -0.2) is 45.9 Å². The van der Waals surface area contributed by atoms with Crippen molar-refractivity contribution in [2.24, 2.45) is 0 Å². The molecule has 12 heavy (non-hydrogen) atoms. The molecule has 1 N–H and O–H groups in total. The highest BCUT2D eigenvalue weighted by molar-refractivity contribution is 6.17. The van der Waals surface area contributed by atoms with Crippen LogP contribution in [0.1, 0.15) is 6.42 Å². The van der Waals surface area contributed by atoms with Crippen molar-refractivity contribution < 1.29 is 9.47 Å². The predicted molar refractivity (Wildman–Crippen MR) is 50.9 cm³/mol. The highest BCUT2D eigenvalue weighted by Gasteiger charge is 2.05. The van der Waals surface area contributed by atoms with Gasteiger partial charge in [0.25, 0.3) is 0 Å². The largest absolute Gasteiger partial charge is 0.383 e. The number of ether oxygens (including phenoxy) is 2. The normalized spacial score (nSPS) is 13.2. The van der Waals surface area contributed by atoms with Crippen LogP contribution >= 0.6 is 11.6 Å². The third-order valence-corrected chi connectivity index (χ3v) is 1.78. The molecular formula is C8H18ClNO2. The summed E-state index contributed by atoms with van der Waals surface area (Å²) >= 11 is 5.62. The Balaban J connectivity index is 3.34. The van der Waals surface area contributed by atoms with Crippen LogP contribution in [0.15, 0.2) is 0 Å². The molecule has 0 aliphatic carbocycles. The maximum atomic E-state index is 5.62. The first-order valence-corrected chi connectivity index (χ1v) is 4.65. The van der Waals surface area contributed by atoms with Gasteiger partial charge in [0.2, 0.25) is 0 Å². The number of methoxy groups -OCH3 is 2. The van der Waals surface area contributed by atoms with E-state index >= 15 is 0 Å². The highest BCUT2D eigenvalue weighted by Crippen LogP contribution is 1.94. The lowest BCUT2D eigenvalue weighted by Crippen LogP contribution is -2.35. The minimum absolute atomic E-state index is 0.350. The van der Waals surface area contributed by atoms with E-state index < -0.39 is 0 Å². The zero-order chi connectivity index (χ0) is 9.23. The first-order valence-electron chi connectivity index (χ1n) is 4.12. The van der Waals surface area contributed by atoms with Gasteiger partial charge in [0.15, 0.2) is 0 Å². The molecule has 0 aromatic carbocycles. The van der Waals surface area contributed by atoms with Crippen molar-refractivity contribution in [2.75, 3.05) is 39.9 Å². The monoisotopic (exact) mass is 195 g/mol. The molecule has 0 aliphatic heterocycles. The average Bonchev–Trinajstić information content (AvgIpc) is 2.06. The average molecular weight is 196 g/mol. The molecule has 1 atom stereocenters. The zero-order valence-electron chi connectivity index (χ0n) is 7.81. The van der Waals surface area contributed by atoms with E-state index in [4.69, 9.17) is 21.1 Å². The fourth-order valence-electron chi connectivity index (χ4n) is 0.942. The van der Waals surface area contributed by atoms with Crippen LogP contribution in [0.4, 0.5) is 0 Å². The number of hydrogen-bond acceptors (Lipinski definition) is 3. The summed E-state index contributed by atoms with van der Waals surface area (Å²) in [7, 11) is 3.38. The van der Waals surface area contributed by atoms with Gasteiger partial charge in [0.1, 0.15) is 0 Å². The highest BCUT2D eigenvalue weighted by atomic mass is 35.5. The molecule has 0 aliphatic rings. The molecule has 74 valence electrons. The van der Waals surface area contributed by atoms with E-state index in [9.17, 15) is 0 Å². The van der Waals surface area contributed by atoms with Gasteiger partial charge in [-0.05, 0) is 6.42 Å². The fraction of sp³-hybridized carbons (Fsp3) is 1.00. The molecule has 0 aromatic heterocycles. The quantitative estimate of drug-likeness (QED) is 0.461. The Morgan fingerprint density at radius 1 is 1.33 bits per heavy atom.